The van der Waals surface area contributed by atoms with Crippen LogP contribution in [0.25, 0.3) is 0 Å². The first-order valence-electron chi connectivity index (χ1n) is 5.84. The van der Waals surface area contributed by atoms with Crippen LogP contribution in [0.1, 0.15) is 30.7 Å². The highest BCUT2D eigenvalue weighted by molar-refractivity contribution is 6.30. The second-order valence-corrected chi connectivity index (χ2v) is 5.32. The summed E-state index contributed by atoms with van der Waals surface area (Å²) in [4.78, 5) is 28.4. The van der Waals surface area contributed by atoms with Crippen molar-refractivity contribution in [1.29, 1.82) is 0 Å². The molecule has 1 aromatic heterocycles. The Balaban J connectivity index is 2.02. The van der Waals surface area contributed by atoms with Gasteiger partial charge in [0.15, 0.2) is 11.6 Å². The summed E-state index contributed by atoms with van der Waals surface area (Å²) < 4.78 is 0. The maximum absolute atomic E-state index is 12.2. The van der Waals surface area contributed by atoms with E-state index >= 15 is 0 Å². The minimum absolute atomic E-state index is 0.0628. The van der Waals surface area contributed by atoms with Crippen molar-refractivity contribution >= 4 is 23.2 Å². The Kier molecular flexibility index (Phi) is 2.51. The summed E-state index contributed by atoms with van der Waals surface area (Å²) in [6.45, 7) is 0. The summed E-state index contributed by atoms with van der Waals surface area (Å²) in [5, 5.41) is 0.473. The number of hydrogen-bond acceptors (Lipinski definition) is 3. The smallest absolute Gasteiger partial charge is 0.150 e. The summed E-state index contributed by atoms with van der Waals surface area (Å²) >= 11 is 5.86. The molecule has 3 rings (SSSR count). The first-order chi connectivity index (χ1) is 8.16. The van der Waals surface area contributed by atoms with Gasteiger partial charge in [-0.1, -0.05) is 11.6 Å². The Morgan fingerprint density at radius 2 is 1.76 bits per heavy atom. The van der Waals surface area contributed by atoms with Gasteiger partial charge in [0.2, 0.25) is 0 Å². The lowest BCUT2D eigenvalue weighted by Gasteiger charge is -2.25. The Morgan fingerprint density at radius 3 is 2.35 bits per heavy atom. The standard InChI is InChI=1S/C13H12ClNO2/c14-10-4-9(5-15-6-10)11-12(16)7-1-2-8(3-7)13(11)17/h4-8,11H,1-3H2/t7-,8+,11?. The van der Waals surface area contributed by atoms with Gasteiger partial charge < -0.3 is 0 Å². The predicted octanol–water partition coefficient (Wildman–Crippen LogP) is 2.39. The molecule has 0 spiro atoms. The molecule has 0 aromatic carbocycles. The van der Waals surface area contributed by atoms with Gasteiger partial charge in [-0.25, -0.2) is 0 Å². The van der Waals surface area contributed by atoms with Crippen molar-refractivity contribution in [2.75, 3.05) is 0 Å². The minimum Gasteiger partial charge on any atom is -0.298 e. The molecular weight excluding hydrogens is 238 g/mol. The fraction of sp³-hybridized carbons (Fsp3) is 0.462. The van der Waals surface area contributed by atoms with Gasteiger partial charge in [-0.2, -0.15) is 0 Å². The number of rotatable bonds is 1. The highest BCUT2D eigenvalue weighted by Gasteiger charge is 2.47. The van der Waals surface area contributed by atoms with Crippen molar-refractivity contribution in [2.45, 2.75) is 25.2 Å². The van der Waals surface area contributed by atoms with Gasteiger partial charge in [0, 0.05) is 24.2 Å². The molecule has 0 aliphatic heterocycles. The van der Waals surface area contributed by atoms with E-state index in [0.29, 0.717) is 10.6 Å². The molecule has 4 heteroatoms. The maximum Gasteiger partial charge on any atom is 0.150 e. The molecule has 88 valence electrons. The van der Waals surface area contributed by atoms with Gasteiger partial charge >= 0.3 is 0 Å². The van der Waals surface area contributed by atoms with E-state index in [4.69, 9.17) is 11.6 Å². The molecule has 0 N–H and O–H groups in total. The number of hydrogen-bond donors (Lipinski definition) is 0. The number of nitrogens with zero attached hydrogens (tertiary/aromatic N) is 1. The third-order valence-corrected chi connectivity index (χ3v) is 4.07. The largest absolute Gasteiger partial charge is 0.298 e. The minimum atomic E-state index is -0.618. The van der Waals surface area contributed by atoms with Crippen LogP contribution < -0.4 is 0 Å². The maximum atomic E-state index is 12.2. The number of ketones is 2. The second kappa shape index (κ2) is 3.91. The highest BCUT2D eigenvalue weighted by atomic mass is 35.5. The zero-order valence-corrected chi connectivity index (χ0v) is 9.98. The topological polar surface area (TPSA) is 47.0 Å². The Labute approximate surface area is 104 Å². The van der Waals surface area contributed by atoms with Gasteiger partial charge in [0.05, 0.1) is 5.02 Å². The Bertz CT molecular complexity index is 478. The van der Waals surface area contributed by atoms with Crippen LogP contribution in [0.15, 0.2) is 18.5 Å². The molecule has 3 atom stereocenters. The van der Waals surface area contributed by atoms with E-state index in [1.165, 1.54) is 6.20 Å². The molecule has 2 saturated carbocycles. The molecule has 2 aliphatic carbocycles. The van der Waals surface area contributed by atoms with Gasteiger partial charge in [-0.3, -0.25) is 14.6 Å². The molecule has 1 aromatic rings. The van der Waals surface area contributed by atoms with Crippen LogP contribution in [0.3, 0.4) is 0 Å². The molecule has 2 fully saturated rings. The fourth-order valence-corrected chi connectivity index (χ4v) is 3.21. The number of carbonyl (C=O) groups excluding carboxylic acids is 2. The van der Waals surface area contributed by atoms with E-state index in [1.54, 1.807) is 12.3 Å². The van der Waals surface area contributed by atoms with E-state index in [-0.39, 0.29) is 23.4 Å². The number of aromatic nitrogens is 1. The Hall–Kier alpha value is -1.22. The molecule has 1 unspecified atom stereocenters. The van der Waals surface area contributed by atoms with Gasteiger partial charge in [0.1, 0.15) is 5.92 Å². The summed E-state index contributed by atoms with van der Waals surface area (Å²) in [5.74, 6) is -0.351. The molecule has 1 heterocycles. The quantitative estimate of drug-likeness (QED) is 0.718. The van der Waals surface area contributed by atoms with Crippen molar-refractivity contribution in [3.8, 4) is 0 Å². The van der Waals surface area contributed by atoms with Gasteiger partial charge in [0.25, 0.3) is 0 Å². The summed E-state index contributed by atoms with van der Waals surface area (Å²) in [6, 6.07) is 1.68. The van der Waals surface area contributed by atoms with E-state index in [9.17, 15) is 9.59 Å². The second-order valence-electron chi connectivity index (χ2n) is 4.88. The molecule has 2 aliphatic rings. The van der Waals surface area contributed by atoms with Crippen LogP contribution in [0.4, 0.5) is 0 Å². The van der Waals surface area contributed by atoms with Gasteiger partial charge in [-0.15, -0.1) is 0 Å². The number of carbonyl (C=O) groups is 2. The van der Waals surface area contributed by atoms with Crippen molar-refractivity contribution in [2.24, 2.45) is 11.8 Å². The van der Waals surface area contributed by atoms with E-state index in [0.717, 1.165) is 19.3 Å². The highest BCUT2D eigenvalue weighted by Crippen LogP contribution is 2.43. The zero-order chi connectivity index (χ0) is 12.0. The summed E-state index contributed by atoms with van der Waals surface area (Å²) in [7, 11) is 0. The zero-order valence-electron chi connectivity index (χ0n) is 9.23. The van der Waals surface area contributed by atoms with E-state index < -0.39 is 5.92 Å². The number of fused-ring (bicyclic) bond motifs is 2. The lowest BCUT2D eigenvalue weighted by Crippen LogP contribution is -2.34. The third-order valence-electron chi connectivity index (χ3n) is 3.87. The normalized spacial score (nSPS) is 31.9. The monoisotopic (exact) mass is 249 g/mol. The first kappa shape index (κ1) is 10.9. The average Bonchev–Trinajstić information content (AvgIpc) is 2.74. The molecular formula is C13H12ClNO2. The third kappa shape index (κ3) is 1.69. The molecule has 0 amide bonds. The van der Waals surface area contributed by atoms with Crippen molar-refractivity contribution in [1.82, 2.24) is 4.98 Å². The predicted molar refractivity (Wildman–Crippen MR) is 62.8 cm³/mol. The molecule has 0 saturated heterocycles. The van der Waals surface area contributed by atoms with Crippen molar-refractivity contribution in [3.63, 3.8) is 0 Å². The lowest BCUT2D eigenvalue weighted by molar-refractivity contribution is -0.135. The summed E-state index contributed by atoms with van der Waals surface area (Å²) in [5.41, 5.74) is 0.657. The lowest BCUT2D eigenvalue weighted by atomic mass is 9.76. The fourth-order valence-electron chi connectivity index (χ4n) is 3.02. The number of halogens is 1. The Morgan fingerprint density at radius 1 is 1.12 bits per heavy atom. The number of pyridine rings is 1. The molecule has 17 heavy (non-hydrogen) atoms. The van der Waals surface area contributed by atoms with E-state index in [1.807, 2.05) is 0 Å². The van der Waals surface area contributed by atoms with Crippen LogP contribution in [-0.2, 0) is 9.59 Å². The average molecular weight is 250 g/mol. The van der Waals surface area contributed by atoms with Crippen LogP contribution in [-0.4, -0.2) is 16.6 Å². The first-order valence-corrected chi connectivity index (χ1v) is 6.22. The SMILES string of the molecule is O=C1C(c2cncc(Cl)c2)C(=O)[C@H]2CC[C@@H]1C2. The summed E-state index contributed by atoms with van der Waals surface area (Å²) in [6.07, 6.45) is 5.57. The van der Waals surface area contributed by atoms with Crippen LogP contribution in [0.2, 0.25) is 5.02 Å². The van der Waals surface area contributed by atoms with E-state index in [2.05, 4.69) is 4.98 Å². The molecule has 3 nitrogen and oxygen atoms in total. The molecule has 2 bridgehead atoms. The number of Topliss-reactive ketones (excluding diaryl/α,β-unsaturated/α-hetero) is 2. The van der Waals surface area contributed by atoms with Crippen LogP contribution in [0.5, 0.6) is 0 Å². The molecule has 0 radical (unpaired) electrons. The van der Waals surface area contributed by atoms with Crippen molar-refractivity contribution < 1.29 is 9.59 Å². The van der Waals surface area contributed by atoms with Crippen LogP contribution >= 0.6 is 11.6 Å². The van der Waals surface area contributed by atoms with Gasteiger partial charge in [-0.05, 0) is 30.9 Å². The van der Waals surface area contributed by atoms with Crippen LogP contribution in [0, 0.1) is 11.8 Å². The van der Waals surface area contributed by atoms with Crippen molar-refractivity contribution in [3.05, 3.63) is 29.0 Å².